The van der Waals surface area contributed by atoms with Crippen molar-refractivity contribution < 1.29 is 14.3 Å². The lowest BCUT2D eigenvalue weighted by Gasteiger charge is -2.27. The molecule has 1 aliphatic carbocycles. The molecule has 19 heavy (non-hydrogen) atoms. The smallest absolute Gasteiger partial charge is 0.172 e. The largest absolute Gasteiger partial charge is 0.489 e. The van der Waals surface area contributed by atoms with E-state index in [0.717, 1.165) is 44.0 Å². The van der Waals surface area contributed by atoms with E-state index in [9.17, 15) is 4.79 Å². The third-order valence-electron chi connectivity index (χ3n) is 4.08. The molecule has 0 radical (unpaired) electrons. The fourth-order valence-electron chi connectivity index (χ4n) is 3.04. The summed E-state index contributed by atoms with van der Waals surface area (Å²) in [6.45, 7) is 1.19. The van der Waals surface area contributed by atoms with E-state index in [1.54, 1.807) is 6.07 Å². The first kappa shape index (κ1) is 12.5. The summed E-state index contributed by atoms with van der Waals surface area (Å²) in [6, 6.07) is 3.73. The maximum absolute atomic E-state index is 11.1. The van der Waals surface area contributed by atoms with Gasteiger partial charge in [-0.15, -0.1) is 0 Å². The Hall–Kier alpha value is -1.55. The van der Waals surface area contributed by atoms with Crippen LogP contribution in [0.25, 0.3) is 0 Å². The minimum Gasteiger partial charge on any atom is -0.489 e. The summed E-state index contributed by atoms with van der Waals surface area (Å²) in [5.74, 6) is 1.26. The average molecular weight is 261 g/mol. The van der Waals surface area contributed by atoms with Gasteiger partial charge in [0.05, 0.1) is 18.8 Å². The maximum Gasteiger partial charge on any atom is 0.172 e. The lowest BCUT2D eigenvalue weighted by molar-refractivity contribution is 0.111. The average Bonchev–Trinajstić information content (AvgIpc) is 2.73. The third-order valence-corrected chi connectivity index (χ3v) is 4.08. The SMILES string of the molecule is NC1(c2ccc(C=O)c3c2OCCCO3)CCCC1. The van der Waals surface area contributed by atoms with E-state index in [0.29, 0.717) is 30.3 Å². The van der Waals surface area contributed by atoms with E-state index < -0.39 is 0 Å². The van der Waals surface area contributed by atoms with Gasteiger partial charge in [0.1, 0.15) is 0 Å². The summed E-state index contributed by atoms with van der Waals surface area (Å²) in [5, 5.41) is 0. The molecule has 1 aromatic rings. The van der Waals surface area contributed by atoms with Crippen LogP contribution in [-0.4, -0.2) is 19.5 Å². The van der Waals surface area contributed by atoms with Gasteiger partial charge in [-0.25, -0.2) is 0 Å². The van der Waals surface area contributed by atoms with E-state index in [1.165, 1.54) is 0 Å². The molecule has 1 heterocycles. The fourth-order valence-corrected chi connectivity index (χ4v) is 3.04. The Morgan fingerprint density at radius 3 is 2.42 bits per heavy atom. The highest BCUT2D eigenvalue weighted by Crippen LogP contribution is 2.46. The summed E-state index contributed by atoms with van der Waals surface area (Å²) in [5.41, 5.74) is 7.73. The first-order valence-electron chi connectivity index (χ1n) is 6.92. The van der Waals surface area contributed by atoms with Crippen molar-refractivity contribution in [2.75, 3.05) is 13.2 Å². The number of carbonyl (C=O) groups is 1. The van der Waals surface area contributed by atoms with Gasteiger partial charge in [0.2, 0.25) is 0 Å². The highest BCUT2D eigenvalue weighted by atomic mass is 16.5. The molecule has 1 aliphatic heterocycles. The number of benzene rings is 1. The molecule has 4 nitrogen and oxygen atoms in total. The molecule has 0 atom stereocenters. The molecular formula is C15H19NO3. The van der Waals surface area contributed by atoms with Crippen LogP contribution in [-0.2, 0) is 5.54 Å². The van der Waals surface area contributed by atoms with Crippen LogP contribution in [0.5, 0.6) is 11.5 Å². The number of aldehydes is 1. The molecule has 1 aromatic carbocycles. The van der Waals surface area contributed by atoms with Crippen LogP contribution in [0, 0.1) is 0 Å². The van der Waals surface area contributed by atoms with Gasteiger partial charge in [0, 0.05) is 17.5 Å². The van der Waals surface area contributed by atoms with Gasteiger partial charge < -0.3 is 15.2 Å². The summed E-state index contributed by atoms with van der Waals surface area (Å²) in [6.07, 6.45) is 5.84. The number of hydrogen-bond acceptors (Lipinski definition) is 4. The monoisotopic (exact) mass is 261 g/mol. The maximum atomic E-state index is 11.1. The van der Waals surface area contributed by atoms with Crippen LogP contribution in [0.15, 0.2) is 12.1 Å². The van der Waals surface area contributed by atoms with E-state index in [2.05, 4.69) is 0 Å². The molecular weight excluding hydrogens is 242 g/mol. The van der Waals surface area contributed by atoms with E-state index in [4.69, 9.17) is 15.2 Å². The van der Waals surface area contributed by atoms with E-state index in [-0.39, 0.29) is 5.54 Å². The third kappa shape index (κ3) is 2.10. The van der Waals surface area contributed by atoms with Gasteiger partial charge in [-0.2, -0.15) is 0 Å². The van der Waals surface area contributed by atoms with Gasteiger partial charge in [-0.05, 0) is 18.9 Å². The van der Waals surface area contributed by atoms with Gasteiger partial charge in [0.15, 0.2) is 17.8 Å². The number of ether oxygens (including phenoxy) is 2. The highest BCUT2D eigenvalue weighted by molar-refractivity contribution is 5.82. The molecule has 0 unspecified atom stereocenters. The molecule has 0 spiro atoms. The zero-order valence-electron chi connectivity index (χ0n) is 11.0. The van der Waals surface area contributed by atoms with Crippen LogP contribution in [0.1, 0.15) is 48.0 Å². The van der Waals surface area contributed by atoms with Crippen molar-refractivity contribution >= 4 is 6.29 Å². The predicted molar refractivity (Wildman–Crippen MR) is 71.8 cm³/mol. The Kier molecular flexibility index (Phi) is 3.19. The number of nitrogens with two attached hydrogens (primary N) is 1. The van der Waals surface area contributed by atoms with Crippen LogP contribution in [0.2, 0.25) is 0 Å². The van der Waals surface area contributed by atoms with Crippen LogP contribution in [0.4, 0.5) is 0 Å². The molecule has 2 N–H and O–H groups in total. The van der Waals surface area contributed by atoms with Crippen LogP contribution < -0.4 is 15.2 Å². The van der Waals surface area contributed by atoms with Crippen molar-refractivity contribution in [3.8, 4) is 11.5 Å². The van der Waals surface area contributed by atoms with Crippen molar-refractivity contribution in [2.24, 2.45) is 5.73 Å². The molecule has 102 valence electrons. The van der Waals surface area contributed by atoms with Crippen molar-refractivity contribution in [1.29, 1.82) is 0 Å². The first-order valence-corrected chi connectivity index (χ1v) is 6.92. The molecule has 4 heteroatoms. The molecule has 0 aromatic heterocycles. The van der Waals surface area contributed by atoms with Crippen LogP contribution in [0.3, 0.4) is 0 Å². The summed E-state index contributed by atoms with van der Waals surface area (Å²) >= 11 is 0. The normalized spacial score (nSPS) is 20.9. The van der Waals surface area contributed by atoms with Crippen molar-refractivity contribution in [1.82, 2.24) is 0 Å². The van der Waals surface area contributed by atoms with Crippen molar-refractivity contribution in [3.63, 3.8) is 0 Å². The van der Waals surface area contributed by atoms with Gasteiger partial charge in [0.25, 0.3) is 0 Å². The topological polar surface area (TPSA) is 61.6 Å². The summed E-state index contributed by atoms with van der Waals surface area (Å²) in [4.78, 5) is 11.1. The molecule has 2 aliphatic rings. The van der Waals surface area contributed by atoms with Gasteiger partial charge in [-0.1, -0.05) is 18.9 Å². The summed E-state index contributed by atoms with van der Waals surface area (Å²) < 4.78 is 11.5. The molecule has 3 rings (SSSR count). The zero-order chi connectivity index (χ0) is 13.3. The number of fused-ring (bicyclic) bond motifs is 1. The Morgan fingerprint density at radius 1 is 1.05 bits per heavy atom. The van der Waals surface area contributed by atoms with Crippen LogP contribution >= 0.6 is 0 Å². The predicted octanol–water partition coefficient (Wildman–Crippen LogP) is 2.39. The Bertz CT molecular complexity index is 492. The highest BCUT2D eigenvalue weighted by Gasteiger charge is 2.36. The Labute approximate surface area is 112 Å². The Balaban J connectivity index is 2.12. The minimum absolute atomic E-state index is 0.334. The molecule has 1 fully saturated rings. The number of hydrogen-bond donors (Lipinski definition) is 1. The zero-order valence-corrected chi connectivity index (χ0v) is 11.0. The molecule has 0 bridgehead atoms. The second-order valence-corrected chi connectivity index (χ2v) is 5.39. The molecule has 0 saturated heterocycles. The lowest BCUT2D eigenvalue weighted by atomic mass is 9.87. The van der Waals surface area contributed by atoms with Gasteiger partial charge >= 0.3 is 0 Å². The standard InChI is InChI=1S/C15H19NO3/c16-15(6-1-2-7-15)12-5-4-11(10-17)13-14(12)19-9-3-8-18-13/h4-5,10H,1-3,6-9,16H2. The van der Waals surface area contributed by atoms with E-state index >= 15 is 0 Å². The summed E-state index contributed by atoms with van der Waals surface area (Å²) in [7, 11) is 0. The quantitative estimate of drug-likeness (QED) is 0.830. The second-order valence-electron chi connectivity index (χ2n) is 5.39. The fraction of sp³-hybridized carbons (Fsp3) is 0.533. The minimum atomic E-state index is -0.334. The second kappa shape index (κ2) is 4.85. The Morgan fingerprint density at radius 2 is 1.74 bits per heavy atom. The van der Waals surface area contributed by atoms with E-state index in [1.807, 2.05) is 6.07 Å². The lowest BCUT2D eigenvalue weighted by Crippen LogP contribution is -2.33. The molecule has 1 saturated carbocycles. The number of rotatable bonds is 2. The molecule has 0 amide bonds. The first-order chi connectivity index (χ1) is 9.24. The van der Waals surface area contributed by atoms with Crippen molar-refractivity contribution in [3.05, 3.63) is 23.3 Å². The van der Waals surface area contributed by atoms with Gasteiger partial charge in [-0.3, -0.25) is 4.79 Å². The van der Waals surface area contributed by atoms with Crippen molar-refractivity contribution in [2.45, 2.75) is 37.6 Å². The number of carbonyl (C=O) groups excluding carboxylic acids is 1.